The molecule has 4 rings (SSSR count). The van der Waals surface area contributed by atoms with Crippen molar-refractivity contribution >= 4 is 28.8 Å². The minimum Gasteiger partial charge on any atom is -0.0623 e. The van der Waals surface area contributed by atoms with E-state index in [0.29, 0.717) is 5.56 Å². The zero-order valence-electron chi connectivity index (χ0n) is 21.2. The number of hydrogen-bond donors (Lipinski definition) is 0. The van der Waals surface area contributed by atoms with Gasteiger partial charge in [-0.15, -0.1) is 0 Å². The van der Waals surface area contributed by atoms with E-state index in [-0.39, 0.29) is 24.2 Å². The van der Waals surface area contributed by atoms with Crippen molar-refractivity contribution in [2.75, 3.05) is 0 Å². The standard InChI is InChI=1S/C28H28Si/c1-28(2,3)26-21-13-14-22-27(26)29(23-15-7-4-8-16-23,24-17-9-5-10-18-24)25-19-11-6-12-20-25/h4-22H,1-3H3/i13D,14D,21D,22D. The van der Waals surface area contributed by atoms with Gasteiger partial charge in [0.25, 0.3) is 0 Å². The number of hydrogen-bond acceptors (Lipinski definition) is 0. The molecule has 4 aromatic rings. The zero-order chi connectivity index (χ0) is 23.8. The summed E-state index contributed by atoms with van der Waals surface area (Å²) in [6.45, 7) is 6.10. The Balaban J connectivity index is 2.34. The van der Waals surface area contributed by atoms with Gasteiger partial charge in [0.05, 0.1) is 5.48 Å². The van der Waals surface area contributed by atoms with Gasteiger partial charge in [0.15, 0.2) is 8.07 Å². The highest BCUT2D eigenvalue weighted by molar-refractivity contribution is 7.20. The van der Waals surface area contributed by atoms with E-state index >= 15 is 0 Å². The molecule has 0 nitrogen and oxygen atoms in total. The fraction of sp³-hybridized carbons (Fsp3) is 0.143. The maximum absolute atomic E-state index is 9.20. The van der Waals surface area contributed by atoms with Crippen molar-refractivity contribution in [3.8, 4) is 0 Å². The lowest BCUT2D eigenvalue weighted by atomic mass is 9.87. The highest BCUT2D eigenvalue weighted by Crippen LogP contribution is 2.23. The molecular weight excluding hydrogens is 364 g/mol. The smallest absolute Gasteiger partial charge is 0.0623 e. The molecule has 0 N–H and O–H groups in total. The summed E-state index contributed by atoms with van der Waals surface area (Å²) in [4.78, 5) is 0. The quantitative estimate of drug-likeness (QED) is 0.355. The zero-order valence-corrected chi connectivity index (χ0v) is 18.2. The third kappa shape index (κ3) is 3.47. The molecule has 0 fully saturated rings. The van der Waals surface area contributed by atoms with Crippen LogP contribution in [0.15, 0.2) is 115 Å². The number of rotatable bonds is 4. The molecule has 0 aliphatic rings. The van der Waals surface area contributed by atoms with Crippen LogP contribution < -0.4 is 20.7 Å². The molecule has 29 heavy (non-hydrogen) atoms. The van der Waals surface area contributed by atoms with Gasteiger partial charge in [-0.25, -0.2) is 0 Å². The minimum atomic E-state index is -3.10. The lowest BCUT2D eigenvalue weighted by molar-refractivity contribution is 0.594. The average molecular weight is 397 g/mol. The van der Waals surface area contributed by atoms with E-state index in [4.69, 9.17) is 4.11 Å². The summed E-state index contributed by atoms with van der Waals surface area (Å²) in [5, 5.41) is 4.03. The van der Waals surface area contributed by atoms with Crippen LogP contribution in [0.25, 0.3) is 0 Å². The molecule has 0 unspecified atom stereocenters. The van der Waals surface area contributed by atoms with Crippen molar-refractivity contribution in [3.63, 3.8) is 0 Å². The Labute approximate surface area is 181 Å². The summed E-state index contributed by atoms with van der Waals surface area (Å²) in [7, 11) is -3.10. The molecule has 1 heteroatoms. The Hall–Kier alpha value is -2.90. The molecule has 0 amide bonds. The van der Waals surface area contributed by atoms with E-state index in [2.05, 4.69) is 36.4 Å². The van der Waals surface area contributed by atoms with E-state index in [1.54, 1.807) is 0 Å². The molecule has 0 bridgehead atoms. The van der Waals surface area contributed by atoms with Gasteiger partial charge in [0, 0.05) is 0 Å². The van der Waals surface area contributed by atoms with Crippen LogP contribution in [0.5, 0.6) is 0 Å². The lowest BCUT2D eigenvalue weighted by Crippen LogP contribution is -2.75. The summed E-state index contributed by atoms with van der Waals surface area (Å²) in [5.41, 5.74) is 0.208. The van der Waals surface area contributed by atoms with Crippen LogP contribution in [0.1, 0.15) is 31.8 Å². The van der Waals surface area contributed by atoms with Crippen molar-refractivity contribution in [2.45, 2.75) is 26.2 Å². The second kappa shape index (κ2) is 7.85. The van der Waals surface area contributed by atoms with E-state index in [9.17, 15) is 1.37 Å². The predicted molar refractivity (Wildman–Crippen MR) is 129 cm³/mol. The van der Waals surface area contributed by atoms with Gasteiger partial charge in [-0.05, 0) is 31.7 Å². The van der Waals surface area contributed by atoms with Crippen LogP contribution in [0.2, 0.25) is 0 Å². The second-order valence-electron chi connectivity index (χ2n) is 8.35. The predicted octanol–water partition coefficient (Wildman–Crippen LogP) is 4.36. The number of benzene rings is 4. The highest BCUT2D eigenvalue weighted by atomic mass is 28.3. The molecule has 144 valence electrons. The second-order valence-corrected chi connectivity index (χ2v) is 12.1. The Kier molecular flexibility index (Phi) is 4.06. The van der Waals surface area contributed by atoms with Crippen molar-refractivity contribution < 1.29 is 5.48 Å². The minimum absolute atomic E-state index is 0.0539. The van der Waals surface area contributed by atoms with Crippen LogP contribution in [0.3, 0.4) is 0 Å². The molecule has 0 saturated carbocycles. The van der Waals surface area contributed by atoms with Gasteiger partial charge in [-0.1, -0.05) is 136 Å². The molecule has 4 aromatic carbocycles. The van der Waals surface area contributed by atoms with Gasteiger partial charge in [-0.3, -0.25) is 0 Å². The first-order valence-electron chi connectivity index (χ1n) is 12.0. The Bertz CT molecular complexity index is 1170. The monoisotopic (exact) mass is 396 g/mol. The SMILES string of the molecule is [2H]c1c([2H])c([2H])c([Si](c2ccccc2)(c2ccccc2)c2ccccc2)c(C(C)(C)C)c1[2H]. The van der Waals surface area contributed by atoms with Gasteiger partial charge in [0.2, 0.25) is 0 Å². The third-order valence-electron chi connectivity index (χ3n) is 5.43. The Morgan fingerprint density at radius 3 is 1.34 bits per heavy atom. The van der Waals surface area contributed by atoms with Gasteiger partial charge < -0.3 is 0 Å². The van der Waals surface area contributed by atoms with E-state index in [1.807, 2.05) is 75.4 Å². The van der Waals surface area contributed by atoms with Crippen LogP contribution in [0.4, 0.5) is 0 Å². The molecule has 0 aliphatic carbocycles. The molecule has 0 atom stereocenters. The fourth-order valence-electron chi connectivity index (χ4n) is 4.15. The van der Waals surface area contributed by atoms with Gasteiger partial charge in [0.1, 0.15) is 0 Å². The molecule has 0 radical (unpaired) electrons. The molecule has 0 heterocycles. The summed E-state index contributed by atoms with van der Waals surface area (Å²) in [6, 6.07) is 30.5. The topological polar surface area (TPSA) is 0 Å². The van der Waals surface area contributed by atoms with Crippen molar-refractivity contribution in [1.82, 2.24) is 0 Å². The van der Waals surface area contributed by atoms with E-state index < -0.39 is 13.5 Å². The summed E-state index contributed by atoms with van der Waals surface area (Å²) in [5.74, 6) is 0. The summed E-state index contributed by atoms with van der Waals surface area (Å²) >= 11 is 0. The van der Waals surface area contributed by atoms with Crippen LogP contribution >= 0.6 is 0 Å². The molecule has 0 saturated heterocycles. The van der Waals surface area contributed by atoms with Crippen LogP contribution in [-0.4, -0.2) is 8.07 Å². The maximum Gasteiger partial charge on any atom is 0.179 e. The molecular formula is C28H28Si. The third-order valence-corrected chi connectivity index (χ3v) is 10.2. The summed E-state index contributed by atoms with van der Waals surface area (Å²) in [6.07, 6.45) is 0. The van der Waals surface area contributed by atoms with Crippen LogP contribution in [0, 0.1) is 0 Å². The fourth-order valence-corrected chi connectivity index (χ4v) is 9.16. The van der Waals surface area contributed by atoms with Gasteiger partial charge >= 0.3 is 0 Å². The largest absolute Gasteiger partial charge is 0.179 e. The van der Waals surface area contributed by atoms with E-state index in [0.717, 1.165) is 20.7 Å². The first-order chi connectivity index (χ1) is 15.7. The highest BCUT2D eigenvalue weighted by Gasteiger charge is 2.43. The van der Waals surface area contributed by atoms with E-state index in [1.165, 1.54) is 0 Å². The maximum atomic E-state index is 9.20. The van der Waals surface area contributed by atoms with Crippen molar-refractivity contribution in [3.05, 3.63) is 121 Å². The molecule has 0 aromatic heterocycles. The first-order valence-corrected chi connectivity index (χ1v) is 12.0. The molecule has 0 spiro atoms. The van der Waals surface area contributed by atoms with Crippen molar-refractivity contribution in [2.24, 2.45) is 0 Å². The average Bonchev–Trinajstić information content (AvgIpc) is 2.82. The normalized spacial score (nSPS) is 13.9. The first kappa shape index (κ1) is 15.0. The Morgan fingerprint density at radius 2 is 0.966 bits per heavy atom. The molecule has 0 aliphatic heterocycles. The Morgan fingerprint density at radius 1 is 0.586 bits per heavy atom. The van der Waals surface area contributed by atoms with Gasteiger partial charge in [-0.2, -0.15) is 0 Å². The van der Waals surface area contributed by atoms with Crippen LogP contribution in [-0.2, 0) is 5.41 Å². The van der Waals surface area contributed by atoms with Crippen molar-refractivity contribution in [1.29, 1.82) is 0 Å². The summed E-state index contributed by atoms with van der Waals surface area (Å²) < 4.78 is 35.2. The lowest BCUT2D eigenvalue weighted by Gasteiger charge is -2.38.